The Hall–Kier alpha value is -1.69. The number of sulfone groups is 1. The standard InChI is InChI=1S/C9H8N2O3S/c10-9(12)6-1-2-7-8(5-6)15(13,14)4-3-11-7/h1-3,5H,4H2,(H2,10,12). The van der Waals surface area contributed by atoms with Crippen LogP contribution in [0.15, 0.2) is 28.1 Å². The highest BCUT2D eigenvalue weighted by Crippen LogP contribution is 2.28. The molecule has 15 heavy (non-hydrogen) atoms. The fourth-order valence-corrected chi connectivity index (χ4v) is 2.54. The van der Waals surface area contributed by atoms with E-state index in [1.165, 1.54) is 24.4 Å². The number of hydrogen-bond donors (Lipinski definition) is 1. The molecule has 2 N–H and O–H groups in total. The number of benzene rings is 1. The fourth-order valence-electron chi connectivity index (χ4n) is 1.35. The van der Waals surface area contributed by atoms with Crippen LogP contribution in [0.25, 0.3) is 0 Å². The van der Waals surface area contributed by atoms with E-state index in [9.17, 15) is 13.2 Å². The van der Waals surface area contributed by atoms with Crippen LogP contribution < -0.4 is 5.73 Å². The maximum atomic E-state index is 11.6. The predicted octanol–water partition coefficient (Wildman–Crippen LogP) is 0.275. The van der Waals surface area contributed by atoms with Gasteiger partial charge in [-0.15, -0.1) is 0 Å². The van der Waals surface area contributed by atoms with Crippen molar-refractivity contribution in [2.24, 2.45) is 10.7 Å². The van der Waals surface area contributed by atoms with E-state index in [4.69, 9.17) is 5.73 Å². The van der Waals surface area contributed by atoms with Crippen LogP contribution in [-0.2, 0) is 9.84 Å². The van der Waals surface area contributed by atoms with Crippen molar-refractivity contribution >= 4 is 27.6 Å². The summed E-state index contributed by atoms with van der Waals surface area (Å²) in [6.07, 6.45) is 1.33. The van der Waals surface area contributed by atoms with Crippen molar-refractivity contribution in [1.82, 2.24) is 0 Å². The average molecular weight is 224 g/mol. The molecule has 0 saturated heterocycles. The molecule has 1 heterocycles. The number of rotatable bonds is 1. The lowest BCUT2D eigenvalue weighted by atomic mass is 10.2. The molecule has 1 aliphatic heterocycles. The molecule has 2 rings (SSSR count). The highest BCUT2D eigenvalue weighted by atomic mass is 32.2. The lowest BCUT2D eigenvalue weighted by Gasteiger charge is -2.10. The molecule has 5 nitrogen and oxygen atoms in total. The number of hydrogen-bond acceptors (Lipinski definition) is 4. The quantitative estimate of drug-likeness (QED) is 0.742. The molecule has 1 aromatic carbocycles. The van der Waals surface area contributed by atoms with Gasteiger partial charge in [0.2, 0.25) is 5.91 Å². The number of nitrogens with two attached hydrogens (primary N) is 1. The van der Waals surface area contributed by atoms with Gasteiger partial charge >= 0.3 is 0 Å². The van der Waals surface area contributed by atoms with Crippen molar-refractivity contribution in [1.29, 1.82) is 0 Å². The fraction of sp³-hybridized carbons (Fsp3) is 0.111. The van der Waals surface area contributed by atoms with Gasteiger partial charge in [-0.3, -0.25) is 9.79 Å². The van der Waals surface area contributed by atoms with E-state index >= 15 is 0 Å². The topological polar surface area (TPSA) is 89.6 Å². The van der Waals surface area contributed by atoms with Crippen LogP contribution in [-0.4, -0.2) is 26.3 Å². The maximum absolute atomic E-state index is 11.6. The maximum Gasteiger partial charge on any atom is 0.248 e. The minimum absolute atomic E-state index is 0.0706. The first-order valence-electron chi connectivity index (χ1n) is 4.20. The molecular formula is C9H8N2O3S. The van der Waals surface area contributed by atoms with Crippen molar-refractivity contribution in [2.45, 2.75) is 4.90 Å². The van der Waals surface area contributed by atoms with E-state index < -0.39 is 15.7 Å². The van der Waals surface area contributed by atoms with Crippen molar-refractivity contribution in [2.75, 3.05) is 5.75 Å². The van der Waals surface area contributed by atoms with Crippen molar-refractivity contribution in [3.8, 4) is 0 Å². The number of amides is 1. The van der Waals surface area contributed by atoms with E-state index in [1.54, 1.807) is 0 Å². The second kappa shape index (κ2) is 3.16. The van der Waals surface area contributed by atoms with Gasteiger partial charge in [0.05, 0.1) is 16.3 Å². The first kappa shape index (κ1) is 9.85. The Kier molecular flexibility index (Phi) is 2.08. The molecule has 0 atom stereocenters. The van der Waals surface area contributed by atoms with Gasteiger partial charge in [-0.25, -0.2) is 8.42 Å². The molecule has 1 amide bonds. The third-order valence-corrected chi connectivity index (χ3v) is 3.69. The lowest BCUT2D eigenvalue weighted by Crippen LogP contribution is -2.15. The normalized spacial score (nSPS) is 17.1. The molecule has 1 aliphatic rings. The van der Waals surface area contributed by atoms with Crippen LogP contribution >= 0.6 is 0 Å². The Morgan fingerprint density at radius 2 is 2.13 bits per heavy atom. The van der Waals surface area contributed by atoms with Gasteiger partial charge < -0.3 is 5.73 Å². The molecule has 0 spiro atoms. The van der Waals surface area contributed by atoms with Crippen molar-refractivity contribution in [3.05, 3.63) is 23.8 Å². The number of fused-ring (bicyclic) bond motifs is 1. The van der Waals surface area contributed by atoms with Crippen LogP contribution in [0, 0.1) is 0 Å². The average Bonchev–Trinajstić information content (AvgIpc) is 2.17. The summed E-state index contributed by atoms with van der Waals surface area (Å²) in [6.45, 7) is 0. The van der Waals surface area contributed by atoms with E-state index in [2.05, 4.69) is 4.99 Å². The van der Waals surface area contributed by atoms with Gasteiger partial charge in [0.1, 0.15) is 0 Å². The second-order valence-corrected chi connectivity index (χ2v) is 5.14. The summed E-state index contributed by atoms with van der Waals surface area (Å²) in [6, 6.07) is 4.20. The van der Waals surface area contributed by atoms with Crippen LogP contribution in [0.3, 0.4) is 0 Å². The third-order valence-electron chi connectivity index (χ3n) is 2.10. The Bertz CT molecular complexity index is 561. The third kappa shape index (κ3) is 1.63. The summed E-state index contributed by atoms with van der Waals surface area (Å²) in [7, 11) is -3.36. The summed E-state index contributed by atoms with van der Waals surface area (Å²) in [4.78, 5) is 14.9. The largest absolute Gasteiger partial charge is 0.366 e. The molecule has 0 radical (unpaired) electrons. The molecule has 78 valence electrons. The Morgan fingerprint density at radius 3 is 2.80 bits per heavy atom. The number of carbonyl (C=O) groups is 1. The molecule has 0 aliphatic carbocycles. The molecule has 6 heteroatoms. The van der Waals surface area contributed by atoms with Crippen LogP contribution in [0.4, 0.5) is 5.69 Å². The summed E-state index contributed by atoms with van der Waals surface area (Å²) in [5.41, 5.74) is 5.59. The first-order chi connectivity index (χ1) is 7.00. The first-order valence-corrected chi connectivity index (χ1v) is 5.85. The highest BCUT2D eigenvalue weighted by Gasteiger charge is 2.22. The smallest absolute Gasteiger partial charge is 0.248 e. The Balaban J connectivity index is 2.70. The number of primary amides is 1. The summed E-state index contributed by atoms with van der Waals surface area (Å²) in [5, 5.41) is 0. The summed E-state index contributed by atoms with van der Waals surface area (Å²) >= 11 is 0. The van der Waals surface area contributed by atoms with E-state index in [1.807, 2.05) is 0 Å². The number of nitrogens with zero attached hydrogens (tertiary/aromatic N) is 1. The molecule has 0 saturated carbocycles. The Morgan fingerprint density at radius 1 is 1.40 bits per heavy atom. The highest BCUT2D eigenvalue weighted by molar-refractivity contribution is 7.92. The van der Waals surface area contributed by atoms with Crippen molar-refractivity contribution < 1.29 is 13.2 Å². The predicted molar refractivity (Wildman–Crippen MR) is 55.2 cm³/mol. The molecule has 0 aromatic heterocycles. The van der Waals surface area contributed by atoms with Gasteiger partial charge in [0.25, 0.3) is 0 Å². The van der Waals surface area contributed by atoms with Gasteiger partial charge in [-0.05, 0) is 18.2 Å². The molecule has 1 aromatic rings. The zero-order valence-corrected chi connectivity index (χ0v) is 8.49. The van der Waals surface area contributed by atoms with Crippen LogP contribution in [0.1, 0.15) is 10.4 Å². The molecule has 0 fully saturated rings. The second-order valence-electron chi connectivity index (χ2n) is 3.14. The minimum atomic E-state index is -3.36. The van der Waals surface area contributed by atoms with Gasteiger partial charge in [0.15, 0.2) is 9.84 Å². The van der Waals surface area contributed by atoms with E-state index in [-0.39, 0.29) is 16.2 Å². The summed E-state index contributed by atoms with van der Waals surface area (Å²) in [5.74, 6) is -0.787. The SMILES string of the molecule is NC(=O)c1ccc2c(c1)S(=O)(=O)CC=N2. The summed E-state index contributed by atoms with van der Waals surface area (Å²) < 4.78 is 23.2. The van der Waals surface area contributed by atoms with E-state index in [0.717, 1.165) is 0 Å². The van der Waals surface area contributed by atoms with Gasteiger partial charge in [-0.2, -0.15) is 0 Å². The number of carbonyl (C=O) groups excluding carboxylic acids is 1. The monoisotopic (exact) mass is 224 g/mol. The molecule has 0 unspecified atom stereocenters. The van der Waals surface area contributed by atoms with Crippen LogP contribution in [0.2, 0.25) is 0 Å². The minimum Gasteiger partial charge on any atom is -0.366 e. The molecular weight excluding hydrogens is 216 g/mol. The van der Waals surface area contributed by atoms with Gasteiger partial charge in [0, 0.05) is 11.8 Å². The Labute approximate surface area is 86.5 Å². The van der Waals surface area contributed by atoms with Crippen molar-refractivity contribution in [3.63, 3.8) is 0 Å². The number of aliphatic imine (C=N–C) groups is 1. The molecule has 0 bridgehead atoms. The lowest BCUT2D eigenvalue weighted by molar-refractivity contribution is 0.1000. The van der Waals surface area contributed by atoms with Gasteiger partial charge in [-0.1, -0.05) is 0 Å². The van der Waals surface area contributed by atoms with E-state index in [0.29, 0.717) is 5.69 Å². The van der Waals surface area contributed by atoms with Crippen LogP contribution in [0.5, 0.6) is 0 Å². The zero-order valence-electron chi connectivity index (χ0n) is 7.67. The zero-order chi connectivity index (χ0) is 11.1.